The molecule has 0 aromatic rings. The fourth-order valence-corrected chi connectivity index (χ4v) is 4.27. The molecule has 0 saturated carbocycles. The van der Waals surface area contributed by atoms with Gasteiger partial charge in [0.25, 0.3) is 0 Å². The third-order valence-electron chi connectivity index (χ3n) is 6.58. The number of carbonyl (C=O) groups is 2. The van der Waals surface area contributed by atoms with Gasteiger partial charge in [0.15, 0.2) is 6.10 Å². The Morgan fingerprint density at radius 1 is 0.629 bits per heavy atom. The van der Waals surface area contributed by atoms with Gasteiger partial charge in [0.1, 0.15) is 6.61 Å². The van der Waals surface area contributed by atoms with Gasteiger partial charge in [0.2, 0.25) is 0 Å². The summed E-state index contributed by atoms with van der Waals surface area (Å²) in [6.07, 6.45) is 23.1. The van der Waals surface area contributed by atoms with Crippen LogP contribution in [0.4, 0.5) is 0 Å². The van der Waals surface area contributed by atoms with E-state index in [9.17, 15) is 14.7 Å². The molecule has 0 aromatic carbocycles. The first-order chi connectivity index (χ1) is 17.0. The zero-order valence-corrected chi connectivity index (χ0v) is 23.5. The van der Waals surface area contributed by atoms with E-state index < -0.39 is 6.10 Å². The van der Waals surface area contributed by atoms with Crippen molar-refractivity contribution in [3.05, 3.63) is 0 Å². The average Bonchev–Trinajstić information content (AvgIpc) is 2.83. The lowest BCUT2D eigenvalue weighted by Gasteiger charge is -2.15. The van der Waals surface area contributed by atoms with E-state index in [0.29, 0.717) is 12.8 Å². The van der Waals surface area contributed by atoms with Crippen molar-refractivity contribution in [2.45, 2.75) is 162 Å². The van der Waals surface area contributed by atoms with E-state index >= 15 is 0 Å². The largest absolute Gasteiger partial charge is 0.462 e. The smallest absolute Gasteiger partial charge is 0.306 e. The van der Waals surface area contributed by atoms with Crippen molar-refractivity contribution >= 4 is 11.9 Å². The minimum absolute atomic E-state index is 0.0602. The Morgan fingerprint density at radius 2 is 1.06 bits per heavy atom. The van der Waals surface area contributed by atoms with E-state index in [1.54, 1.807) is 0 Å². The topological polar surface area (TPSA) is 72.8 Å². The molecule has 1 atom stereocenters. The minimum atomic E-state index is -0.758. The molecule has 0 amide bonds. The molecule has 0 spiro atoms. The Labute approximate surface area is 217 Å². The van der Waals surface area contributed by atoms with Gasteiger partial charge in [-0.15, -0.1) is 0 Å². The van der Waals surface area contributed by atoms with E-state index in [1.807, 2.05) is 0 Å². The Bertz CT molecular complexity index is 477. The molecule has 5 heteroatoms. The lowest BCUT2D eigenvalue weighted by Crippen LogP contribution is -2.28. The molecule has 0 aliphatic carbocycles. The molecule has 0 bridgehead atoms. The van der Waals surface area contributed by atoms with Crippen molar-refractivity contribution in [3.63, 3.8) is 0 Å². The van der Waals surface area contributed by atoms with Gasteiger partial charge >= 0.3 is 11.9 Å². The van der Waals surface area contributed by atoms with Gasteiger partial charge in [-0.25, -0.2) is 0 Å². The molecule has 0 heterocycles. The van der Waals surface area contributed by atoms with E-state index in [4.69, 9.17) is 9.47 Å². The second kappa shape index (κ2) is 26.0. The lowest BCUT2D eigenvalue weighted by molar-refractivity contribution is -0.161. The molecule has 0 rings (SSSR count). The van der Waals surface area contributed by atoms with Crippen LogP contribution in [0.3, 0.4) is 0 Å². The maximum atomic E-state index is 12.0. The predicted octanol–water partition coefficient (Wildman–Crippen LogP) is 8.30. The van der Waals surface area contributed by atoms with Crippen LogP contribution in [0, 0.1) is 5.92 Å². The fraction of sp³-hybridized carbons (Fsp3) is 0.933. The number of hydrogen-bond donors (Lipinski definition) is 1. The summed E-state index contributed by atoms with van der Waals surface area (Å²) in [5.41, 5.74) is 0. The Morgan fingerprint density at radius 3 is 1.51 bits per heavy atom. The van der Waals surface area contributed by atoms with E-state index in [1.165, 1.54) is 83.5 Å². The number of hydrogen-bond acceptors (Lipinski definition) is 5. The van der Waals surface area contributed by atoms with E-state index in [0.717, 1.165) is 44.4 Å². The summed E-state index contributed by atoms with van der Waals surface area (Å²) in [7, 11) is 0. The van der Waals surface area contributed by atoms with Crippen LogP contribution >= 0.6 is 0 Å². The van der Waals surface area contributed by atoms with Crippen LogP contribution < -0.4 is 0 Å². The summed E-state index contributed by atoms with van der Waals surface area (Å²) in [4.78, 5) is 23.9. The molecule has 0 radical (unpaired) electrons. The van der Waals surface area contributed by atoms with Crippen molar-refractivity contribution in [3.8, 4) is 0 Å². The van der Waals surface area contributed by atoms with Crippen LogP contribution in [0.2, 0.25) is 0 Å². The highest BCUT2D eigenvalue weighted by Gasteiger charge is 2.16. The molecular weight excluding hydrogens is 440 g/mol. The number of esters is 2. The van der Waals surface area contributed by atoms with Crippen LogP contribution in [-0.4, -0.2) is 36.4 Å². The zero-order valence-electron chi connectivity index (χ0n) is 23.5. The second-order valence-corrected chi connectivity index (χ2v) is 10.7. The summed E-state index contributed by atoms with van der Waals surface area (Å²) in [5.74, 6) is 0.242. The Hall–Kier alpha value is -1.10. The number of unbranched alkanes of at least 4 members (excludes halogenated alkanes) is 16. The summed E-state index contributed by atoms with van der Waals surface area (Å²) in [6.45, 7) is 6.41. The number of ether oxygens (including phenoxy) is 2. The molecule has 208 valence electrons. The molecule has 5 nitrogen and oxygen atoms in total. The molecule has 35 heavy (non-hydrogen) atoms. The first kappa shape index (κ1) is 33.9. The van der Waals surface area contributed by atoms with Gasteiger partial charge < -0.3 is 14.6 Å². The summed E-state index contributed by atoms with van der Waals surface area (Å²) in [6, 6.07) is 0. The number of carbonyl (C=O) groups excluding carboxylic acids is 2. The zero-order chi connectivity index (χ0) is 26.0. The van der Waals surface area contributed by atoms with Crippen molar-refractivity contribution in [1.82, 2.24) is 0 Å². The van der Waals surface area contributed by atoms with Crippen molar-refractivity contribution in [1.29, 1.82) is 0 Å². The maximum Gasteiger partial charge on any atom is 0.306 e. The number of aliphatic hydroxyl groups excluding tert-OH is 1. The highest BCUT2D eigenvalue weighted by Crippen LogP contribution is 2.14. The van der Waals surface area contributed by atoms with Crippen LogP contribution in [0.1, 0.15) is 156 Å². The molecule has 0 saturated heterocycles. The van der Waals surface area contributed by atoms with Gasteiger partial charge in [-0.05, 0) is 18.8 Å². The van der Waals surface area contributed by atoms with Crippen molar-refractivity contribution in [2.75, 3.05) is 13.2 Å². The Kier molecular flexibility index (Phi) is 25.2. The minimum Gasteiger partial charge on any atom is -0.462 e. The standard InChI is InChI=1S/C30H58O5/c1-4-5-6-7-13-17-20-23-29(32)34-26-28(25-31)35-30(33)24-21-18-15-12-10-8-9-11-14-16-19-22-27(2)3/h27-28,31H,4-26H2,1-3H3/t28-/m0/s1. The lowest BCUT2D eigenvalue weighted by atomic mass is 10.0. The molecule has 0 fully saturated rings. The van der Waals surface area contributed by atoms with E-state index in [2.05, 4.69) is 20.8 Å². The van der Waals surface area contributed by atoms with Gasteiger partial charge in [-0.1, -0.05) is 130 Å². The molecular formula is C30H58O5. The van der Waals surface area contributed by atoms with Crippen molar-refractivity contribution in [2.24, 2.45) is 5.92 Å². The van der Waals surface area contributed by atoms with Crippen LogP contribution in [0.5, 0.6) is 0 Å². The fourth-order valence-electron chi connectivity index (χ4n) is 4.27. The summed E-state index contributed by atoms with van der Waals surface area (Å²) >= 11 is 0. The van der Waals surface area contributed by atoms with Gasteiger partial charge in [0, 0.05) is 12.8 Å². The SMILES string of the molecule is CCCCCCCCCC(=O)OC[C@H](CO)OC(=O)CCCCCCCCCCCCCC(C)C. The van der Waals surface area contributed by atoms with Crippen LogP contribution in [-0.2, 0) is 19.1 Å². The van der Waals surface area contributed by atoms with Gasteiger partial charge in [0.05, 0.1) is 6.61 Å². The van der Waals surface area contributed by atoms with Gasteiger partial charge in [-0.3, -0.25) is 9.59 Å². The average molecular weight is 499 g/mol. The quantitative estimate of drug-likeness (QED) is 0.0959. The third kappa shape index (κ3) is 25.8. The summed E-state index contributed by atoms with van der Waals surface area (Å²) in [5, 5.41) is 9.43. The first-order valence-electron chi connectivity index (χ1n) is 15.0. The Balaban J connectivity index is 3.56. The van der Waals surface area contributed by atoms with Crippen LogP contribution in [0.15, 0.2) is 0 Å². The van der Waals surface area contributed by atoms with E-state index in [-0.39, 0.29) is 25.2 Å². The number of aliphatic hydroxyl groups is 1. The second-order valence-electron chi connectivity index (χ2n) is 10.7. The molecule has 0 aliphatic rings. The highest BCUT2D eigenvalue weighted by atomic mass is 16.6. The maximum absolute atomic E-state index is 12.0. The summed E-state index contributed by atoms with van der Waals surface area (Å²) < 4.78 is 10.5. The predicted molar refractivity (Wildman–Crippen MR) is 145 cm³/mol. The van der Waals surface area contributed by atoms with Crippen molar-refractivity contribution < 1.29 is 24.2 Å². The first-order valence-corrected chi connectivity index (χ1v) is 15.0. The number of rotatable bonds is 26. The molecule has 0 aromatic heterocycles. The highest BCUT2D eigenvalue weighted by molar-refractivity contribution is 5.70. The van der Waals surface area contributed by atoms with Crippen LogP contribution in [0.25, 0.3) is 0 Å². The van der Waals surface area contributed by atoms with Gasteiger partial charge in [-0.2, -0.15) is 0 Å². The third-order valence-corrected chi connectivity index (χ3v) is 6.58. The monoisotopic (exact) mass is 498 g/mol. The normalized spacial score (nSPS) is 12.1. The molecule has 0 unspecified atom stereocenters. The molecule has 1 N–H and O–H groups in total. The molecule has 0 aliphatic heterocycles.